The number of rotatable bonds is 59. The zero-order chi connectivity index (χ0) is 51.4. The summed E-state index contributed by atoms with van der Waals surface area (Å²) in [5, 5.41) is 23.1. The zero-order valence-corrected chi connectivity index (χ0v) is 47.7. The van der Waals surface area contributed by atoms with Crippen LogP contribution in [0.3, 0.4) is 0 Å². The Bertz CT molecular complexity index is 1150. The van der Waals surface area contributed by atoms with Gasteiger partial charge in [0.05, 0.1) is 25.4 Å². The van der Waals surface area contributed by atoms with Crippen molar-refractivity contribution < 1.29 is 24.5 Å². The first kappa shape index (κ1) is 69.1. The quantitative estimate of drug-likeness (QED) is 0.0321. The Labute approximate surface area is 443 Å². The molecule has 71 heavy (non-hydrogen) atoms. The standard InChI is InChI=1S/C65H123NO5/c1-3-5-7-9-11-13-15-16-17-18-26-30-33-36-39-43-47-51-55-59-65(70)71-60-56-52-48-44-40-37-34-31-28-25-23-21-19-20-22-24-27-29-32-35-38-42-46-50-54-58-64(69)66-62(61-67)63(68)57-53-49-45-41-14-12-10-8-6-4-2/h16-17,20-23,62-63,67-68H,3-15,18-19,24-61H2,1-2H3,(H,66,69)/b17-16-,22-20-,23-21-. The molecule has 0 aliphatic carbocycles. The second kappa shape index (κ2) is 60.6. The number of nitrogens with one attached hydrogen (secondary N) is 1. The first-order valence-corrected chi connectivity index (χ1v) is 31.7. The number of hydrogen-bond acceptors (Lipinski definition) is 5. The Hall–Kier alpha value is -1.92. The Kier molecular flexibility index (Phi) is 59.0. The van der Waals surface area contributed by atoms with Gasteiger partial charge < -0.3 is 20.3 Å². The molecule has 0 aromatic heterocycles. The molecule has 0 rings (SSSR count). The molecule has 0 saturated heterocycles. The lowest BCUT2D eigenvalue weighted by molar-refractivity contribution is -0.143. The van der Waals surface area contributed by atoms with E-state index in [1.54, 1.807) is 0 Å². The third-order valence-electron chi connectivity index (χ3n) is 14.7. The monoisotopic (exact) mass is 998 g/mol. The van der Waals surface area contributed by atoms with Crippen molar-refractivity contribution >= 4 is 11.9 Å². The molecule has 3 N–H and O–H groups in total. The lowest BCUT2D eigenvalue weighted by Gasteiger charge is -2.22. The first-order chi connectivity index (χ1) is 35.0. The molecule has 0 heterocycles. The molecule has 0 saturated carbocycles. The molecule has 0 spiro atoms. The summed E-state index contributed by atoms with van der Waals surface area (Å²) in [5.74, 6) is -0.0337. The predicted octanol–water partition coefficient (Wildman–Crippen LogP) is 20.0. The summed E-state index contributed by atoms with van der Waals surface area (Å²) in [5.41, 5.74) is 0. The second-order valence-electron chi connectivity index (χ2n) is 21.7. The molecule has 2 unspecified atom stereocenters. The van der Waals surface area contributed by atoms with Crippen LogP contribution in [0.1, 0.15) is 341 Å². The number of esters is 1. The summed E-state index contributed by atoms with van der Waals surface area (Å²) in [6.45, 7) is 4.94. The number of amides is 1. The fourth-order valence-corrected chi connectivity index (χ4v) is 9.78. The van der Waals surface area contributed by atoms with Gasteiger partial charge in [0.2, 0.25) is 5.91 Å². The molecular weight excluding hydrogens is 875 g/mol. The minimum absolute atomic E-state index is 0.00860. The molecule has 0 aromatic rings. The largest absolute Gasteiger partial charge is 0.466 e. The maximum Gasteiger partial charge on any atom is 0.305 e. The molecular formula is C65H123NO5. The van der Waals surface area contributed by atoms with Crippen LogP contribution in [0, 0.1) is 0 Å². The summed E-state index contributed by atoms with van der Waals surface area (Å²) in [6, 6.07) is -0.545. The number of ether oxygens (including phenoxy) is 1. The lowest BCUT2D eigenvalue weighted by Crippen LogP contribution is -2.45. The van der Waals surface area contributed by atoms with Crippen molar-refractivity contribution in [3.8, 4) is 0 Å². The van der Waals surface area contributed by atoms with Gasteiger partial charge in [-0.05, 0) is 83.5 Å². The molecule has 0 radical (unpaired) electrons. The van der Waals surface area contributed by atoms with Crippen LogP contribution in [-0.4, -0.2) is 47.4 Å². The van der Waals surface area contributed by atoms with Crippen LogP contribution in [0.15, 0.2) is 36.5 Å². The van der Waals surface area contributed by atoms with Gasteiger partial charge in [-0.15, -0.1) is 0 Å². The fourth-order valence-electron chi connectivity index (χ4n) is 9.78. The topological polar surface area (TPSA) is 95.9 Å². The van der Waals surface area contributed by atoms with Gasteiger partial charge in [0.1, 0.15) is 0 Å². The lowest BCUT2D eigenvalue weighted by atomic mass is 10.0. The zero-order valence-electron chi connectivity index (χ0n) is 47.7. The molecule has 0 fully saturated rings. The Balaban J connectivity index is 3.39. The number of aliphatic hydroxyl groups is 2. The number of unbranched alkanes of at least 4 members (excludes halogenated alkanes) is 42. The number of carbonyl (C=O) groups is 2. The third-order valence-corrected chi connectivity index (χ3v) is 14.7. The van der Waals surface area contributed by atoms with E-state index < -0.39 is 12.1 Å². The van der Waals surface area contributed by atoms with Crippen LogP contribution in [-0.2, 0) is 14.3 Å². The number of aliphatic hydroxyl groups excluding tert-OH is 2. The number of allylic oxidation sites excluding steroid dienone is 6. The van der Waals surface area contributed by atoms with Crippen molar-refractivity contribution in [1.29, 1.82) is 0 Å². The molecule has 0 aliphatic heterocycles. The highest BCUT2D eigenvalue weighted by Crippen LogP contribution is 2.17. The average molecular weight is 999 g/mol. The summed E-state index contributed by atoms with van der Waals surface area (Å²) < 4.78 is 5.50. The number of hydrogen-bond donors (Lipinski definition) is 3. The van der Waals surface area contributed by atoms with Crippen LogP contribution < -0.4 is 5.32 Å². The van der Waals surface area contributed by atoms with Gasteiger partial charge in [-0.3, -0.25) is 9.59 Å². The molecule has 1 amide bonds. The molecule has 6 heteroatoms. The maximum atomic E-state index is 12.4. The van der Waals surface area contributed by atoms with Crippen molar-refractivity contribution in [1.82, 2.24) is 5.32 Å². The van der Waals surface area contributed by atoms with Gasteiger partial charge in [-0.1, -0.05) is 281 Å². The van der Waals surface area contributed by atoms with E-state index in [1.165, 1.54) is 257 Å². The summed E-state index contributed by atoms with van der Waals surface area (Å²) in [7, 11) is 0. The smallest absolute Gasteiger partial charge is 0.305 e. The Morgan fingerprint density at radius 1 is 0.394 bits per heavy atom. The van der Waals surface area contributed by atoms with Crippen LogP contribution in [0.2, 0.25) is 0 Å². The van der Waals surface area contributed by atoms with E-state index >= 15 is 0 Å². The summed E-state index contributed by atoms with van der Waals surface area (Å²) >= 11 is 0. The molecule has 2 atom stereocenters. The van der Waals surface area contributed by atoms with E-state index in [0.29, 0.717) is 25.9 Å². The van der Waals surface area contributed by atoms with E-state index in [-0.39, 0.29) is 18.5 Å². The van der Waals surface area contributed by atoms with E-state index in [9.17, 15) is 19.8 Å². The van der Waals surface area contributed by atoms with E-state index in [0.717, 1.165) is 51.4 Å². The predicted molar refractivity (Wildman–Crippen MR) is 310 cm³/mol. The first-order valence-electron chi connectivity index (χ1n) is 31.7. The van der Waals surface area contributed by atoms with Crippen molar-refractivity contribution in [2.24, 2.45) is 0 Å². The van der Waals surface area contributed by atoms with Gasteiger partial charge in [0.25, 0.3) is 0 Å². The third kappa shape index (κ3) is 57.2. The van der Waals surface area contributed by atoms with E-state index in [2.05, 4.69) is 55.6 Å². The Morgan fingerprint density at radius 3 is 1.08 bits per heavy atom. The minimum atomic E-state index is -0.667. The van der Waals surface area contributed by atoms with Crippen molar-refractivity contribution in [3.05, 3.63) is 36.5 Å². The van der Waals surface area contributed by atoms with Crippen LogP contribution in [0.25, 0.3) is 0 Å². The molecule has 6 nitrogen and oxygen atoms in total. The average Bonchev–Trinajstić information content (AvgIpc) is 3.37. The van der Waals surface area contributed by atoms with Crippen molar-refractivity contribution in [3.63, 3.8) is 0 Å². The van der Waals surface area contributed by atoms with Crippen molar-refractivity contribution in [2.75, 3.05) is 13.2 Å². The highest BCUT2D eigenvalue weighted by atomic mass is 16.5. The molecule has 0 aliphatic rings. The van der Waals surface area contributed by atoms with Crippen LogP contribution in [0.5, 0.6) is 0 Å². The van der Waals surface area contributed by atoms with Gasteiger partial charge in [0.15, 0.2) is 0 Å². The van der Waals surface area contributed by atoms with Crippen LogP contribution >= 0.6 is 0 Å². The van der Waals surface area contributed by atoms with E-state index in [4.69, 9.17) is 4.74 Å². The van der Waals surface area contributed by atoms with Gasteiger partial charge in [-0.25, -0.2) is 0 Å². The highest BCUT2D eigenvalue weighted by Gasteiger charge is 2.20. The summed E-state index contributed by atoms with van der Waals surface area (Å²) in [6.07, 6.45) is 76.0. The normalized spacial score (nSPS) is 12.8. The fraction of sp³-hybridized carbons (Fsp3) is 0.877. The molecule has 0 bridgehead atoms. The van der Waals surface area contributed by atoms with E-state index in [1.807, 2.05) is 0 Å². The maximum absolute atomic E-state index is 12.4. The second-order valence-corrected chi connectivity index (χ2v) is 21.7. The number of carbonyl (C=O) groups excluding carboxylic acids is 2. The van der Waals surface area contributed by atoms with Crippen LogP contribution in [0.4, 0.5) is 0 Å². The highest BCUT2D eigenvalue weighted by molar-refractivity contribution is 5.76. The Morgan fingerprint density at radius 2 is 0.704 bits per heavy atom. The van der Waals surface area contributed by atoms with Crippen molar-refractivity contribution in [2.45, 2.75) is 353 Å². The van der Waals surface area contributed by atoms with Gasteiger partial charge >= 0.3 is 5.97 Å². The minimum Gasteiger partial charge on any atom is -0.466 e. The molecule has 418 valence electrons. The molecule has 0 aromatic carbocycles. The SMILES string of the molecule is CCCCCCCC/C=C\CCCCCCCCCCCC(=O)OCCCCCCCCCCC/C=C\C/C=C\CCCCCCCCCCCC(=O)NC(CO)C(O)CCCCCCCCCCCC. The summed E-state index contributed by atoms with van der Waals surface area (Å²) in [4.78, 5) is 24.5. The van der Waals surface area contributed by atoms with Gasteiger partial charge in [-0.2, -0.15) is 0 Å². The van der Waals surface area contributed by atoms with Gasteiger partial charge in [0, 0.05) is 12.8 Å².